The van der Waals surface area contributed by atoms with Crippen molar-refractivity contribution in [3.8, 4) is 0 Å². The molecule has 26 heavy (non-hydrogen) atoms. The average molecular weight is 395 g/mol. The Balaban J connectivity index is 1.90. The van der Waals surface area contributed by atoms with E-state index in [0.717, 1.165) is 12.0 Å². The van der Waals surface area contributed by atoms with Gasteiger partial charge in [-0.1, -0.05) is 60.5 Å². The fourth-order valence-electron chi connectivity index (χ4n) is 2.41. The molecule has 0 fully saturated rings. The van der Waals surface area contributed by atoms with E-state index in [0.29, 0.717) is 6.54 Å². The first-order chi connectivity index (χ1) is 12.4. The second-order valence-electron chi connectivity index (χ2n) is 5.81. The minimum atomic E-state index is -0.940. The molecule has 0 unspecified atom stereocenters. The number of amides is 1. The first-order valence-corrected chi connectivity index (χ1v) is 9.02. The number of benzene rings is 1. The highest BCUT2D eigenvalue weighted by Gasteiger charge is 2.21. The topological polar surface area (TPSA) is 68.3 Å². The van der Waals surface area contributed by atoms with Crippen LogP contribution in [0.3, 0.4) is 0 Å². The van der Waals surface area contributed by atoms with Crippen molar-refractivity contribution in [1.82, 2.24) is 10.3 Å². The number of hydrogen-bond acceptors (Lipinski definition) is 4. The van der Waals surface area contributed by atoms with Crippen LogP contribution in [-0.4, -0.2) is 29.5 Å². The van der Waals surface area contributed by atoms with Gasteiger partial charge in [-0.2, -0.15) is 0 Å². The molecule has 2 rings (SSSR count). The summed E-state index contributed by atoms with van der Waals surface area (Å²) < 4.78 is 5.17. The standard InChI is InChI=1S/C19H20Cl2N2O3/c1-3-13(14-7-5-4-6-8-14)10-23-18(24)12(2)26-19(25)15-9-16(20)17(21)22-11-15/h4-9,11-13H,3,10H2,1-2H3,(H,23,24)/t12-,13+/m0/s1. The maximum absolute atomic E-state index is 12.2. The van der Waals surface area contributed by atoms with Gasteiger partial charge in [0.15, 0.2) is 6.10 Å². The van der Waals surface area contributed by atoms with Crippen LogP contribution < -0.4 is 5.32 Å². The van der Waals surface area contributed by atoms with Gasteiger partial charge in [0.05, 0.1) is 10.6 Å². The van der Waals surface area contributed by atoms with Crippen LogP contribution in [0.25, 0.3) is 0 Å². The third kappa shape index (κ3) is 5.44. The summed E-state index contributed by atoms with van der Waals surface area (Å²) in [4.78, 5) is 28.1. The number of nitrogens with zero attached hydrogens (tertiary/aromatic N) is 1. The van der Waals surface area contributed by atoms with E-state index in [-0.39, 0.29) is 27.6 Å². The van der Waals surface area contributed by atoms with Gasteiger partial charge in [0, 0.05) is 18.7 Å². The van der Waals surface area contributed by atoms with E-state index >= 15 is 0 Å². The third-order valence-electron chi connectivity index (χ3n) is 3.97. The van der Waals surface area contributed by atoms with Crippen molar-refractivity contribution in [2.24, 2.45) is 0 Å². The van der Waals surface area contributed by atoms with Gasteiger partial charge in [-0.15, -0.1) is 0 Å². The fourth-order valence-corrected chi connectivity index (χ4v) is 2.68. The molecule has 0 aliphatic heterocycles. The predicted octanol–water partition coefficient (Wildman–Crippen LogP) is 4.24. The van der Waals surface area contributed by atoms with Gasteiger partial charge < -0.3 is 10.1 Å². The van der Waals surface area contributed by atoms with E-state index in [1.807, 2.05) is 30.3 Å². The number of aromatic nitrogens is 1. The third-order valence-corrected chi connectivity index (χ3v) is 4.66. The van der Waals surface area contributed by atoms with Crippen LogP contribution in [-0.2, 0) is 9.53 Å². The summed E-state index contributed by atoms with van der Waals surface area (Å²) in [5.41, 5.74) is 1.29. The lowest BCUT2D eigenvalue weighted by Gasteiger charge is -2.18. The molecule has 0 bridgehead atoms. The minimum Gasteiger partial charge on any atom is -0.449 e. The monoisotopic (exact) mass is 394 g/mol. The van der Waals surface area contributed by atoms with Crippen molar-refractivity contribution in [3.63, 3.8) is 0 Å². The molecule has 2 atom stereocenters. The lowest BCUT2D eigenvalue weighted by Crippen LogP contribution is -2.38. The minimum absolute atomic E-state index is 0.0977. The Bertz CT molecular complexity index is 769. The number of esters is 1. The average Bonchev–Trinajstić information content (AvgIpc) is 2.65. The Morgan fingerprint density at radius 1 is 1.23 bits per heavy atom. The summed E-state index contributed by atoms with van der Waals surface area (Å²) in [5.74, 6) is -0.850. The normalized spacial score (nSPS) is 12.9. The number of pyridine rings is 1. The lowest BCUT2D eigenvalue weighted by atomic mass is 9.96. The molecule has 0 saturated heterocycles. The summed E-state index contributed by atoms with van der Waals surface area (Å²) >= 11 is 11.6. The molecule has 5 nitrogen and oxygen atoms in total. The van der Waals surface area contributed by atoms with Crippen LogP contribution in [0.1, 0.15) is 42.1 Å². The van der Waals surface area contributed by atoms with E-state index < -0.39 is 12.1 Å². The van der Waals surface area contributed by atoms with Crippen LogP contribution in [0.5, 0.6) is 0 Å². The number of nitrogens with one attached hydrogen (secondary N) is 1. The maximum atomic E-state index is 12.2. The molecule has 1 amide bonds. The summed E-state index contributed by atoms with van der Waals surface area (Å²) in [6.45, 7) is 4.04. The van der Waals surface area contributed by atoms with Crippen LogP contribution >= 0.6 is 23.2 Å². The number of hydrogen-bond donors (Lipinski definition) is 1. The quantitative estimate of drug-likeness (QED) is 0.562. The zero-order valence-electron chi connectivity index (χ0n) is 14.5. The van der Waals surface area contributed by atoms with Crippen LogP contribution in [0.4, 0.5) is 0 Å². The Kier molecular flexibility index (Phi) is 7.42. The predicted molar refractivity (Wildman–Crippen MR) is 102 cm³/mol. The van der Waals surface area contributed by atoms with Crippen LogP contribution in [0.2, 0.25) is 10.2 Å². The van der Waals surface area contributed by atoms with E-state index in [9.17, 15) is 9.59 Å². The van der Waals surface area contributed by atoms with Crippen molar-refractivity contribution < 1.29 is 14.3 Å². The molecule has 1 heterocycles. The Morgan fingerprint density at radius 3 is 2.54 bits per heavy atom. The first-order valence-electron chi connectivity index (χ1n) is 8.27. The highest BCUT2D eigenvalue weighted by atomic mass is 35.5. The van der Waals surface area contributed by atoms with Gasteiger partial charge in [-0.3, -0.25) is 4.79 Å². The molecule has 1 aromatic heterocycles. The molecule has 138 valence electrons. The van der Waals surface area contributed by atoms with Gasteiger partial charge in [-0.25, -0.2) is 9.78 Å². The molecule has 0 spiro atoms. The highest BCUT2D eigenvalue weighted by Crippen LogP contribution is 2.20. The van der Waals surface area contributed by atoms with Crippen molar-refractivity contribution in [2.75, 3.05) is 6.54 Å². The molecular formula is C19H20Cl2N2O3. The maximum Gasteiger partial charge on any atom is 0.340 e. The summed E-state index contributed by atoms with van der Waals surface area (Å²) in [5, 5.41) is 3.07. The number of ether oxygens (including phenoxy) is 1. The second-order valence-corrected chi connectivity index (χ2v) is 6.57. The number of carbonyl (C=O) groups excluding carboxylic acids is 2. The zero-order valence-corrected chi connectivity index (χ0v) is 16.1. The second kappa shape index (κ2) is 9.55. The molecule has 2 aromatic rings. The van der Waals surface area contributed by atoms with E-state index in [4.69, 9.17) is 27.9 Å². The zero-order chi connectivity index (χ0) is 19.1. The Hall–Kier alpha value is -2.11. The van der Waals surface area contributed by atoms with Crippen LogP contribution in [0, 0.1) is 0 Å². The molecule has 0 radical (unpaired) electrons. The first kappa shape index (κ1) is 20.2. The lowest BCUT2D eigenvalue weighted by molar-refractivity contribution is -0.129. The van der Waals surface area contributed by atoms with E-state index in [1.54, 1.807) is 0 Å². The van der Waals surface area contributed by atoms with Crippen LogP contribution in [0.15, 0.2) is 42.6 Å². The van der Waals surface area contributed by atoms with Gasteiger partial charge in [0.2, 0.25) is 0 Å². The van der Waals surface area contributed by atoms with Crippen molar-refractivity contribution in [2.45, 2.75) is 32.3 Å². The smallest absolute Gasteiger partial charge is 0.340 e. The largest absolute Gasteiger partial charge is 0.449 e. The number of halogens is 2. The molecule has 0 aliphatic rings. The number of carbonyl (C=O) groups is 2. The summed E-state index contributed by atoms with van der Waals surface area (Å²) in [6.07, 6.45) is 1.20. The Morgan fingerprint density at radius 2 is 1.92 bits per heavy atom. The summed E-state index contributed by atoms with van der Waals surface area (Å²) in [7, 11) is 0. The fraction of sp³-hybridized carbons (Fsp3) is 0.316. The molecule has 1 N–H and O–H groups in total. The van der Waals surface area contributed by atoms with Crippen molar-refractivity contribution >= 4 is 35.1 Å². The van der Waals surface area contributed by atoms with Gasteiger partial charge in [0.25, 0.3) is 5.91 Å². The molecular weight excluding hydrogens is 375 g/mol. The number of rotatable bonds is 7. The SMILES string of the molecule is CC[C@H](CNC(=O)[C@H](C)OC(=O)c1cnc(Cl)c(Cl)c1)c1ccccc1. The van der Waals surface area contributed by atoms with Crippen molar-refractivity contribution in [3.05, 3.63) is 63.9 Å². The van der Waals surface area contributed by atoms with Gasteiger partial charge in [-0.05, 0) is 25.0 Å². The molecule has 0 saturated carbocycles. The summed E-state index contributed by atoms with van der Waals surface area (Å²) in [6, 6.07) is 11.3. The molecule has 7 heteroatoms. The van der Waals surface area contributed by atoms with Gasteiger partial charge in [0.1, 0.15) is 5.15 Å². The van der Waals surface area contributed by atoms with Crippen molar-refractivity contribution in [1.29, 1.82) is 0 Å². The highest BCUT2D eigenvalue weighted by molar-refractivity contribution is 6.41. The molecule has 1 aromatic carbocycles. The Labute approximate surface area is 162 Å². The van der Waals surface area contributed by atoms with E-state index in [1.165, 1.54) is 19.2 Å². The van der Waals surface area contributed by atoms with Gasteiger partial charge >= 0.3 is 5.97 Å². The molecule has 0 aliphatic carbocycles. The van der Waals surface area contributed by atoms with E-state index in [2.05, 4.69) is 17.2 Å².